The summed E-state index contributed by atoms with van der Waals surface area (Å²) >= 11 is 0. The lowest BCUT2D eigenvalue weighted by molar-refractivity contribution is 0.304. The first-order chi connectivity index (χ1) is 9.25. The van der Waals surface area contributed by atoms with Gasteiger partial charge in [0.2, 0.25) is 0 Å². The van der Waals surface area contributed by atoms with E-state index in [2.05, 4.69) is 43.4 Å². The third-order valence-electron chi connectivity index (χ3n) is 3.92. The lowest BCUT2D eigenvalue weighted by atomic mass is 10.0. The van der Waals surface area contributed by atoms with E-state index in [-0.39, 0.29) is 0 Å². The highest BCUT2D eigenvalue weighted by Gasteiger charge is 2.13. The fourth-order valence-electron chi connectivity index (χ4n) is 2.65. The Morgan fingerprint density at radius 1 is 1.16 bits per heavy atom. The number of nitrogens with one attached hydrogen (secondary N) is 1. The van der Waals surface area contributed by atoms with Gasteiger partial charge in [0, 0.05) is 6.04 Å². The average molecular weight is 261 g/mol. The molecule has 0 saturated heterocycles. The Morgan fingerprint density at radius 2 is 1.84 bits per heavy atom. The SMILES string of the molecule is CC(C)c1ccc(OCCCNC2CCCC2)cc1. The number of hydrogen-bond acceptors (Lipinski definition) is 2. The smallest absolute Gasteiger partial charge is 0.119 e. The number of rotatable bonds is 7. The van der Waals surface area contributed by atoms with Gasteiger partial charge in [-0.3, -0.25) is 0 Å². The molecule has 2 heteroatoms. The Bertz CT molecular complexity index is 352. The van der Waals surface area contributed by atoms with Crippen LogP contribution in [0.4, 0.5) is 0 Å². The van der Waals surface area contributed by atoms with Crippen LogP contribution in [0.1, 0.15) is 57.4 Å². The fraction of sp³-hybridized carbons (Fsp3) is 0.647. The zero-order valence-corrected chi connectivity index (χ0v) is 12.3. The van der Waals surface area contributed by atoms with Crippen LogP contribution in [0.5, 0.6) is 5.75 Å². The Morgan fingerprint density at radius 3 is 2.47 bits per heavy atom. The van der Waals surface area contributed by atoms with Crippen LogP contribution >= 0.6 is 0 Å². The zero-order chi connectivity index (χ0) is 13.5. The second kappa shape index (κ2) is 7.54. The minimum atomic E-state index is 0.588. The maximum absolute atomic E-state index is 5.77. The molecule has 0 aliphatic heterocycles. The van der Waals surface area contributed by atoms with Gasteiger partial charge in [-0.2, -0.15) is 0 Å². The van der Waals surface area contributed by atoms with Crippen LogP contribution in [0.15, 0.2) is 24.3 Å². The van der Waals surface area contributed by atoms with Crippen molar-refractivity contribution in [3.8, 4) is 5.75 Å². The van der Waals surface area contributed by atoms with Crippen LogP contribution in [0.3, 0.4) is 0 Å². The van der Waals surface area contributed by atoms with E-state index in [4.69, 9.17) is 4.74 Å². The Balaban J connectivity index is 1.59. The topological polar surface area (TPSA) is 21.3 Å². The molecule has 0 bridgehead atoms. The van der Waals surface area contributed by atoms with Crippen molar-refractivity contribution in [3.05, 3.63) is 29.8 Å². The molecule has 0 heterocycles. The van der Waals surface area contributed by atoms with Crippen LogP contribution in [-0.4, -0.2) is 19.2 Å². The quantitative estimate of drug-likeness (QED) is 0.746. The summed E-state index contributed by atoms with van der Waals surface area (Å²) in [4.78, 5) is 0. The molecule has 106 valence electrons. The molecule has 1 fully saturated rings. The number of benzene rings is 1. The highest BCUT2D eigenvalue weighted by Crippen LogP contribution is 2.19. The first kappa shape index (κ1) is 14.4. The molecule has 1 aliphatic carbocycles. The van der Waals surface area contributed by atoms with Crippen molar-refractivity contribution in [2.75, 3.05) is 13.2 Å². The largest absolute Gasteiger partial charge is 0.494 e. The van der Waals surface area contributed by atoms with E-state index in [1.165, 1.54) is 31.2 Å². The second-order valence-electron chi connectivity index (χ2n) is 5.86. The van der Waals surface area contributed by atoms with Crippen LogP contribution in [0.2, 0.25) is 0 Å². The van der Waals surface area contributed by atoms with Gasteiger partial charge in [0.05, 0.1) is 6.61 Å². The normalized spacial score (nSPS) is 16.2. The van der Waals surface area contributed by atoms with Crippen LogP contribution in [0, 0.1) is 0 Å². The summed E-state index contributed by atoms with van der Waals surface area (Å²) in [6, 6.07) is 9.26. The average Bonchev–Trinajstić information content (AvgIpc) is 2.92. The summed E-state index contributed by atoms with van der Waals surface area (Å²) in [5.41, 5.74) is 1.37. The van der Waals surface area contributed by atoms with Gasteiger partial charge in [-0.05, 0) is 49.4 Å². The summed E-state index contributed by atoms with van der Waals surface area (Å²) in [5, 5.41) is 3.61. The van der Waals surface area contributed by atoms with Gasteiger partial charge < -0.3 is 10.1 Å². The van der Waals surface area contributed by atoms with E-state index in [9.17, 15) is 0 Å². The van der Waals surface area contributed by atoms with Gasteiger partial charge in [-0.25, -0.2) is 0 Å². The molecule has 0 radical (unpaired) electrons. The van der Waals surface area contributed by atoms with Gasteiger partial charge in [0.1, 0.15) is 5.75 Å². The van der Waals surface area contributed by atoms with Gasteiger partial charge in [-0.1, -0.05) is 38.8 Å². The Labute approximate surface area is 117 Å². The summed E-state index contributed by atoms with van der Waals surface area (Å²) in [5.74, 6) is 1.58. The highest BCUT2D eigenvalue weighted by atomic mass is 16.5. The van der Waals surface area contributed by atoms with Crippen molar-refractivity contribution in [3.63, 3.8) is 0 Å². The molecule has 2 nitrogen and oxygen atoms in total. The summed E-state index contributed by atoms with van der Waals surface area (Å²) < 4.78 is 5.77. The van der Waals surface area contributed by atoms with E-state index in [0.29, 0.717) is 5.92 Å². The van der Waals surface area contributed by atoms with E-state index in [1.54, 1.807) is 0 Å². The highest BCUT2D eigenvalue weighted by molar-refractivity contribution is 5.28. The summed E-state index contributed by atoms with van der Waals surface area (Å²) in [7, 11) is 0. The minimum absolute atomic E-state index is 0.588. The van der Waals surface area contributed by atoms with E-state index in [1.807, 2.05) is 0 Å². The molecule has 0 unspecified atom stereocenters. The van der Waals surface area contributed by atoms with Crippen LogP contribution in [-0.2, 0) is 0 Å². The molecule has 1 N–H and O–H groups in total. The summed E-state index contributed by atoms with van der Waals surface area (Å²) in [6.45, 7) is 6.31. The fourth-order valence-corrected chi connectivity index (χ4v) is 2.65. The maximum Gasteiger partial charge on any atom is 0.119 e. The molecule has 2 rings (SSSR count). The minimum Gasteiger partial charge on any atom is -0.494 e. The predicted molar refractivity (Wildman–Crippen MR) is 80.9 cm³/mol. The first-order valence-electron chi connectivity index (χ1n) is 7.72. The molecule has 0 atom stereocenters. The van der Waals surface area contributed by atoms with Gasteiger partial charge in [0.25, 0.3) is 0 Å². The maximum atomic E-state index is 5.77. The van der Waals surface area contributed by atoms with Crippen molar-refractivity contribution >= 4 is 0 Å². The van der Waals surface area contributed by atoms with E-state index < -0.39 is 0 Å². The molecule has 1 aromatic rings. The van der Waals surface area contributed by atoms with Crippen molar-refractivity contribution in [2.45, 2.75) is 57.9 Å². The van der Waals surface area contributed by atoms with Crippen LogP contribution in [0.25, 0.3) is 0 Å². The molecule has 0 spiro atoms. The third kappa shape index (κ3) is 4.87. The van der Waals surface area contributed by atoms with Gasteiger partial charge >= 0.3 is 0 Å². The molecule has 1 saturated carbocycles. The van der Waals surface area contributed by atoms with Gasteiger partial charge in [0.15, 0.2) is 0 Å². The van der Waals surface area contributed by atoms with Crippen molar-refractivity contribution < 1.29 is 4.74 Å². The lowest BCUT2D eigenvalue weighted by Crippen LogP contribution is -2.27. The number of ether oxygens (including phenoxy) is 1. The number of hydrogen-bond donors (Lipinski definition) is 1. The van der Waals surface area contributed by atoms with Crippen molar-refractivity contribution in [2.24, 2.45) is 0 Å². The molecular weight excluding hydrogens is 234 g/mol. The predicted octanol–water partition coefficient (Wildman–Crippen LogP) is 4.11. The summed E-state index contributed by atoms with van der Waals surface area (Å²) in [6.07, 6.45) is 6.60. The second-order valence-corrected chi connectivity index (χ2v) is 5.86. The van der Waals surface area contributed by atoms with Crippen molar-refractivity contribution in [1.82, 2.24) is 5.32 Å². The Kier molecular flexibility index (Phi) is 5.71. The molecular formula is C17H27NO. The lowest BCUT2D eigenvalue weighted by Gasteiger charge is -2.12. The van der Waals surface area contributed by atoms with Gasteiger partial charge in [-0.15, -0.1) is 0 Å². The molecule has 0 aromatic heterocycles. The molecule has 1 aromatic carbocycles. The Hall–Kier alpha value is -1.02. The third-order valence-corrected chi connectivity index (χ3v) is 3.92. The standard InChI is InChI=1S/C17H27NO/c1-14(2)15-8-10-17(11-9-15)19-13-5-12-18-16-6-3-4-7-16/h8-11,14,16,18H,3-7,12-13H2,1-2H3. The monoisotopic (exact) mass is 261 g/mol. The van der Waals surface area contributed by atoms with Crippen molar-refractivity contribution in [1.29, 1.82) is 0 Å². The molecule has 1 aliphatic rings. The first-order valence-corrected chi connectivity index (χ1v) is 7.72. The zero-order valence-electron chi connectivity index (χ0n) is 12.3. The molecule has 19 heavy (non-hydrogen) atoms. The van der Waals surface area contributed by atoms with E-state index in [0.717, 1.165) is 31.4 Å². The molecule has 0 amide bonds. The van der Waals surface area contributed by atoms with E-state index >= 15 is 0 Å². The van der Waals surface area contributed by atoms with Crippen LogP contribution < -0.4 is 10.1 Å².